The third kappa shape index (κ3) is 5.86. The van der Waals surface area contributed by atoms with Crippen LogP contribution in [-0.4, -0.2) is 38.4 Å². The summed E-state index contributed by atoms with van der Waals surface area (Å²) in [5.41, 5.74) is 0.525. The van der Waals surface area contributed by atoms with Gasteiger partial charge in [-0.3, -0.25) is 10.2 Å². The number of Topliss-reactive ketones (excluding diaryl/α,β-unsaturated/α-hetero) is 1. The molecule has 2 heterocycles. The van der Waals surface area contributed by atoms with Crippen molar-refractivity contribution in [2.24, 2.45) is 0 Å². The molecule has 15 heteroatoms. The Bertz CT molecular complexity index is 1360. The molecular formula is C20H25ClF5N5O3S. The Morgan fingerprint density at radius 2 is 1.74 bits per heavy atom. The molecule has 3 rings (SSSR count). The molecule has 0 aliphatic rings. The molecule has 0 aliphatic carbocycles. The molecule has 0 amide bonds. The fraction of sp³-hybridized carbons (Fsp3) is 0.400. The number of nitrogens with zero attached hydrogens (tertiary/aromatic N) is 4. The molecule has 1 N–H and O–H groups in total. The Labute approximate surface area is 203 Å². The van der Waals surface area contributed by atoms with E-state index in [1.807, 2.05) is 13.8 Å². The number of ketones is 1. The van der Waals surface area contributed by atoms with Gasteiger partial charge in [0.15, 0.2) is 11.4 Å². The number of halogens is 6. The number of aromatic nitrogens is 4. The maximum absolute atomic E-state index is 13.3. The monoisotopic (exact) mass is 545 g/mol. The minimum absolute atomic E-state index is 0. The lowest BCUT2D eigenvalue weighted by atomic mass is 10.1. The average molecular weight is 546 g/mol. The van der Waals surface area contributed by atoms with E-state index in [1.54, 1.807) is 13.8 Å². The highest BCUT2D eigenvalue weighted by Gasteiger charge is 2.65. The van der Waals surface area contributed by atoms with Crippen LogP contribution in [0.1, 0.15) is 41.8 Å². The van der Waals surface area contributed by atoms with Gasteiger partial charge in [-0.1, -0.05) is 26.4 Å². The Kier molecular flexibility index (Phi) is 7.02. The highest BCUT2D eigenvalue weighted by atomic mass is 35.5. The number of hydrogen-bond acceptors (Lipinski definition) is 6. The summed E-state index contributed by atoms with van der Waals surface area (Å²) in [5.74, 6) is -1.26. The van der Waals surface area contributed by atoms with Crippen LogP contribution in [-0.2, 0) is 6.54 Å². The summed E-state index contributed by atoms with van der Waals surface area (Å²) in [5, 5.41) is 16.8. The molecule has 2 aromatic heterocycles. The van der Waals surface area contributed by atoms with Gasteiger partial charge < -0.3 is 9.47 Å². The fourth-order valence-corrected chi connectivity index (χ4v) is 3.72. The van der Waals surface area contributed by atoms with Crippen molar-refractivity contribution in [3.63, 3.8) is 0 Å². The lowest BCUT2D eigenvalue weighted by molar-refractivity contribution is 0.0965. The number of carbonyl (C=O) groups excluding carboxylic acids is 1. The molecule has 0 spiro atoms. The standard InChI is InChI=1S/C20H24F5N5O3S.ClH/c1-6-11(2)33-19-13(4)12(3)18-27-29(20(26)30(18)28-19)10-17(31)14-7-15(32-5)9-16(8-14)34(21,22,23,24)25;/h7-9,11,26H,6,10H2,1-5H3;1H/t11-;/m0./s1. The Hall–Kier alpha value is -2.87. The Balaban J connectivity index is 0.00000432. The lowest BCUT2D eigenvalue weighted by Crippen LogP contribution is -2.27. The first-order chi connectivity index (χ1) is 15.4. The number of methoxy groups -OCH3 is 1. The SMILES string of the molecule is CC[C@H](C)Oc1nn2c(=N)n(CC(=O)c3cc(OC)cc(S(F)(F)(F)(F)F)c3)nc2c(C)c1C.Cl. The topological polar surface area (TPSA) is 94.5 Å². The van der Waals surface area contributed by atoms with Crippen LogP contribution in [0.3, 0.4) is 0 Å². The van der Waals surface area contributed by atoms with Gasteiger partial charge in [0.25, 0.3) is 0 Å². The highest BCUT2D eigenvalue weighted by molar-refractivity contribution is 8.45. The third-order valence-corrected chi connectivity index (χ3v) is 6.46. The largest absolute Gasteiger partial charge is 0.497 e. The van der Waals surface area contributed by atoms with Gasteiger partial charge in [-0.15, -0.1) is 22.6 Å². The maximum Gasteiger partial charge on any atom is 0.310 e. The number of aryl methyl sites for hydroxylation is 1. The zero-order chi connectivity index (χ0) is 25.7. The third-order valence-electron chi connectivity index (χ3n) is 5.33. The van der Waals surface area contributed by atoms with E-state index in [-0.39, 0.29) is 47.8 Å². The first-order valence-corrected chi connectivity index (χ1v) is 12.0. The van der Waals surface area contributed by atoms with Crippen LogP contribution >= 0.6 is 22.6 Å². The van der Waals surface area contributed by atoms with E-state index in [1.165, 1.54) is 0 Å². The van der Waals surface area contributed by atoms with Crippen LogP contribution in [0, 0.1) is 19.3 Å². The number of ether oxygens (including phenoxy) is 2. The molecule has 1 atom stereocenters. The Morgan fingerprint density at radius 3 is 2.29 bits per heavy atom. The zero-order valence-electron chi connectivity index (χ0n) is 19.4. The number of hydrogen-bond donors (Lipinski definition) is 1. The van der Waals surface area contributed by atoms with Crippen molar-refractivity contribution in [3.8, 4) is 11.6 Å². The molecule has 0 saturated carbocycles. The summed E-state index contributed by atoms with van der Waals surface area (Å²) < 4.78 is 79.2. The predicted octanol–water partition coefficient (Wildman–Crippen LogP) is 5.78. The van der Waals surface area contributed by atoms with Crippen LogP contribution in [0.2, 0.25) is 0 Å². The van der Waals surface area contributed by atoms with Gasteiger partial charge in [-0.2, -0.15) is 4.52 Å². The van der Waals surface area contributed by atoms with Gasteiger partial charge in [-0.05, 0) is 39.3 Å². The summed E-state index contributed by atoms with van der Waals surface area (Å²) in [6.07, 6.45) is 0.567. The van der Waals surface area contributed by atoms with Crippen LogP contribution in [0.25, 0.3) is 5.65 Å². The van der Waals surface area contributed by atoms with Gasteiger partial charge in [0.1, 0.15) is 17.2 Å². The van der Waals surface area contributed by atoms with Crippen molar-refractivity contribution in [1.29, 1.82) is 5.41 Å². The molecule has 8 nitrogen and oxygen atoms in total. The summed E-state index contributed by atoms with van der Waals surface area (Å²) in [7, 11) is -9.07. The summed E-state index contributed by atoms with van der Waals surface area (Å²) >= 11 is 0. The van der Waals surface area contributed by atoms with E-state index in [2.05, 4.69) is 14.9 Å². The van der Waals surface area contributed by atoms with E-state index < -0.39 is 38.8 Å². The second-order valence-electron chi connectivity index (χ2n) is 7.90. The molecule has 0 bridgehead atoms. The van der Waals surface area contributed by atoms with Crippen molar-refractivity contribution in [2.45, 2.75) is 51.7 Å². The smallest absolute Gasteiger partial charge is 0.310 e. The summed E-state index contributed by atoms with van der Waals surface area (Å²) in [6.45, 7) is 6.57. The number of fused-ring (bicyclic) bond motifs is 1. The highest BCUT2D eigenvalue weighted by Crippen LogP contribution is 3.02. The molecule has 0 unspecified atom stereocenters. The van der Waals surface area contributed by atoms with Gasteiger partial charge in [-0.25, -0.2) is 4.68 Å². The molecule has 0 radical (unpaired) electrons. The van der Waals surface area contributed by atoms with Crippen molar-refractivity contribution in [3.05, 3.63) is 40.5 Å². The second kappa shape index (κ2) is 8.66. The second-order valence-corrected chi connectivity index (χ2v) is 10.3. The fourth-order valence-electron chi connectivity index (χ4n) is 3.03. The molecule has 35 heavy (non-hydrogen) atoms. The predicted molar refractivity (Wildman–Crippen MR) is 123 cm³/mol. The van der Waals surface area contributed by atoms with Gasteiger partial charge in [0.2, 0.25) is 11.5 Å². The van der Waals surface area contributed by atoms with Crippen LogP contribution in [0.15, 0.2) is 23.1 Å². The minimum atomic E-state index is -10.1. The molecule has 1 aromatic carbocycles. The van der Waals surface area contributed by atoms with E-state index in [9.17, 15) is 24.2 Å². The number of rotatable bonds is 8. The molecule has 3 aromatic rings. The van der Waals surface area contributed by atoms with Crippen LogP contribution < -0.4 is 15.1 Å². The number of benzene rings is 1. The van der Waals surface area contributed by atoms with Crippen molar-refractivity contribution in [1.82, 2.24) is 19.4 Å². The van der Waals surface area contributed by atoms with Crippen LogP contribution in [0.5, 0.6) is 11.6 Å². The molecule has 0 fully saturated rings. The summed E-state index contributed by atoms with van der Waals surface area (Å²) in [4.78, 5) is 10.5. The minimum Gasteiger partial charge on any atom is -0.497 e. The average Bonchev–Trinajstić information content (AvgIpc) is 3.05. The summed E-state index contributed by atoms with van der Waals surface area (Å²) in [6, 6.07) is 1.14. The van der Waals surface area contributed by atoms with E-state index in [0.717, 1.165) is 22.4 Å². The Morgan fingerprint density at radius 1 is 1.11 bits per heavy atom. The van der Waals surface area contributed by atoms with Crippen molar-refractivity contribution in [2.75, 3.05) is 7.11 Å². The van der Waals surface area contributed by atoms with Crippen molar-refractivity contribution >= 4 is 34.1 Å². The van der Waals surface area contributed by atoms with Gasteiger partial charge in [0, 0.05) is 22.8 Å². The van der Waals surface area contributed by atoms with Crippen LogP contribution in [0.4, 0.5) is 19.4 Å². The van der Waals surface area contributed by atoms with E-state index >= 15 is 0 Å². The first kappa shape index (κ1) is 28.4. The normalized spacial score (nSPS) is 14.6. The first-order valence-electron chi connectivity index (χ1n) is 10.1. The van der Waals surface area contributed by atoms with Crippen molar-refractivity contribution < 1.29 is 33.7 Å². The van der Waals surface area contributed by atoms with Gasteiger partial charge >= 0.3 is 10.2 Å². The lowest BCUT2D eigenvalue weighted by Gasteiger charge is -2.40. The van der Waals surface area contributed by atoms with E-state index in [0.29, 0.717) is 17.5 Å². The maximum atomic E-state index is 13.3. The van der Waals surface area contributed by atoms with Gasteiger partial charge in [0.05, 0.1) is 13.2 Å². The molecule has 0 aliphatic heterocycles. The molecular weight excluding hydrogens is 521 g/mol. The van der Waals surface area contributed by atoms with E-state index in [4.69, 9.17) is 10.1 Å². The zero-order valence-corrected chi connectivity index (χ0v) is 21.1. The number of carbonyl (C=O) groups is 1. The molecule has 196 valence electrons. The molecule has 0 saturated heterocycles. The number of nitrogens with one attached hydrogen (secondary N) is 1. The quantitative estimate of drug-likeness (QED) is 0.286.